The van der Waals surface area contributed by atoms with Crippen LogP contribution in [0.15, 0.2) is 24.3 Å². The summed E-state index contributed by atoms with van der Waals surface area (Å²) in [5.41, 5.74) is 1.84. The second-order valence-corrected chi connectivity index (χ2v) is 7.30. The third kappa shape index (κ3) is 3.71. The molecule has 1 atom stereocenters. The Kier molecular flexibility index (Phi) is 5.42. The number of morpholine rings is 1. The van der Waals surface area contributed by atoms with Crippen LogP contribution in [-0.2, 0) is 19.7 Å². The van der Waals surface area contributed by atoms with Gasteiger partial charge in [-0.05, 0) is 30.9 Å². The van der Waals surface area contributed by atoms with Gasteiger partial charge in [0.05, 0.1) is 24.5 Å². The molecule has 1 saturated carbocycles. The molecule has 0 spiro atoms. The van der Waals surface area contributed by atoms with Gasteiger partial charge in [0.15, 0.2) is 0 Å². The molecule has 5 nitrogen and oxygen atoms in total. The van der Waals surface area contributed by atoms with E-state index >= 15 is 0 Å². The van der Waals surface area contributed by atoms with Crippen LogP contribution >= 0.6 is 0 Å². The van der Waals surface area contributed by atoms with E-state index in [4.69, 9.17) is 9.84 Å². The van der Waals surface area contributed by atoms with Gasteiger partial charge in [0.25, 0.3) is 0 Å². The first-order valence-corrected chi connectivity index (χ1v) is 9.22. The van der Waals surface area contributed by atoms with Gasteiger partial charge in [0.1, 0.15) is 0 Å². The summed E-state index contributed by atoms with van der Waals surface area (Å²) in [4.78, 5) is 26.4. The van der Waals surface area contributed by atoms with Crippen LogP contribution < -0.4 is 0 Å². The third-order valence-corrected chi connectivity index (χ3v) is 5.61. The van der Waals surface area contributed by atoms with Crippen molar-refractivity contribution in [2.24, 2.45) is 0 Å². The molecule has 1 aliphatic heterocycles. The Balaban J connectivity index is 1.87. The summed E-state index contributed by atoms with van der Waals surface area (Å²) in [6.07, 6.45) is 4.57. The molecule has 1 unspecified atom stereocenters. The van der Waals surface area contributed by atoms with E-state index in [-0.39, 0.29) is 12.3 Å². The Bertz CT molecular complexity index is 636. The van der Waals surface area contributed by atoms with Crippen LogP contribution in [0.4, 0.5) is 0 Å². The first-order chi connectivity index (χ1) is 12.0. The number of hydrogen-bond acceptors (Lipinski definition) is 3. The van der Waals surface area contributed by atoms with Gasteiger partial charge in [-0.25, -0.2) is 0 Å². The number of carboxylic acids is 1. The van der Waals surface area contributed by atoms with E-state index in [0.717, 1.165) is 36.8 Å². The quantitative estimate of drug-likeness (QED) is 0.911. The molecule has 25 heavy (non-hydrogen) atoms. The molecule has 2 fully saturated rings. The molecule has 1 aromatic rings. The maximum Gasteiger partial charge on any atom is 0.306 e. The van der Waals surface area contributed by atoms with Gasteiger partial charge in [-0.1, -0.05) is 43.5 Å². The molecule has 0 radical (unpaired) electrons. The zero-order valence-electron chi connectivity index (χ0n) is 14.9. The van der Waals surface area contributed by atoms with E-state index < -0.39 is 17.5 Å². The van der Waals surface area contributed by atoms with E-state index in [1.807, 2.05) is 17.0 Å². The van der Waals surface area contributed by atoms with Crippen molar-refractivity contribution in [1.29, 1.82) is 0 Å². The number of carboxylic acid groups (broad SMARTS) is 1. The lowest BCUT2D eigenvalue weighted by Gasteiger charge is -2.43. The van der Waals surface area contributed by atoms with Crippen molar-refractivity contribution in [3.05, 3.63) is 35.4 Å². The van der Waals surface area contributed by atoms with Gasteiger partial charge in [-0.15, -0.1) is 0 Å². The fourth-order valence-corrected chi connectivity index (χ4v) is 4.39. The van der Waals surface area contributed by atoms with Crippen LogP contribution in [-0.4, -0.2) is 47.7 Å². The summed E-state index contributed by atoms with van der Waals surface area (Å²) >= 11 is 0. The zero-order chi connectivity index (χ0) is 17.9. The first-order valence-electron chi connectivity index (χ1n) is 9.22. The maximum atomic E-state index is 13.6. The van der Waals surface area contributed by atoms with Crippen molar-refractivity contribution < 1.29 is 19.4 Å². The highest BCUT2D eigenvalue weighted by atomic mass is 16.5. The van der Waals surface area contributed by atoms with Crippen molar-refractivity contribution in [2.45, 2.75) is 57.0 Å². The zero-order valence-corrected chi connectivity index (χ0v) is 14.9. The molecule has 1 heterocycles. The highest BCUT2D eigenvalue weighted by Gasteiger charge is 2.45. The number of hydrogen-bond donors (Lipinski definition) is 1. The van der Waals surface area contributed by atoms with Crippen LogP contribution in [0.25, 0.3) is 0 Å². The van der Waals surface area contributed by atoms with Crippen molar-refractivity contribution >= 4 is 11.9 Å². The third-order valence-electron chi connectivity index (χ3n) is 5.61. The number of ether oxygens (including phenoxy) is 1. The van der Waals surface area contributed by atoms with Gasteiger partial charge in [0, 0.05) is 13.1 Å². The minimum absolute atomic E-state index is 0.0544. The maximum absolute atomic E-state index is 13.6. The van der Waals surface area contributed by atoms with E-state index in [1.165, 1.54) is 6.42 Å². The predicted octanol–water partition coefficient (Wildman–Crippen LogP) is 2.90. The Hall–Kier alpha value is -1.88. The molecule has 136 valence electrons. The van der Waals surface area contributed by atoms with Crippen molar-refractivity contribution in [3.63, 3.8) is 0 Å². The monoisotopic (exact) mass is 345 g/mol. The molecule has 3 rings (SSSR count). The Labute approximate surface area is 149 Å². The molecule has 0 bridgehead atoms. The smallest absolute Gasteiger partial charge is 0.306 e. The lowest BCUT2D eigenvalue weighted by Crippen LogP contribution is -2.54. The number of rotatable bonds is 4. The topological polar surface area (TPSA) is 66.8 Å². The summed E-state index contributed by atoms with van der Waals surface area (Å²) in [5.74, 6) is -0.731. The lowest BCUT2D eigenvalue weighted by atomic mass is 9.67. The normalized spacial score (nSPS) is 23.2. The van der Waals surface area contributed by atoms with E-state index in [2.05, 4.69) is 19.1 Å². The molecule has 2 aliphatic rings. The predicted molar refractivity (Wildman–Crippen MR) is 94.5 cm³/mol. The summed E-state index contributed by atoms with van der Waals surface area (Å²) in [5, 5.41) is 9.02. The second kappa shape index (κ2) is 7.56. The number of aliphatic carboxylic acids is 1. The number of carbonyl (C=O) groups is 2. The SMILES string of the molecule is Cc1ccccc1C1(C(=O)N2CCOC(CC(=O)O)C2)CCCCC1. The first kappa shape index (κ1) is 17.9. The van der Waals surface area contributed by atoms with Crippen LogP contribution in [0, 0.1) is 6.92 Å². The standard InChI is InChI=1S/C20H27NO4/c1-15-7-3-4-8-17(15)20(9-5-2-6-10-20)19(24)21-11-12-25-16(14-21)13-18(22)23/h3-4,7-8,16H,2,5-6,9-14H2,1H3,(H,22,23). The number of benzene rings is 1. The van der Waals surface area contributed by atoms with E-state index in [9.17, 15) is 9.59 Å². The van der Waals surface area contributed by atoms with E-state index in [1.54, 1.807) is 0 Å². The summed E-state index contributed by atoms with van der Waals surface area (Å²) < 4.78 is 5.54. The van der Waals surface area contributed by atoms with E-state index in [0.29, 0.717) is 19.7 Å². The number of nitrogens with zero attached hydrogens (tertiary/aromatic N) is 1. The number of aryl methyl sites for hydroxylation is 1. The highest BCUT2D eigenvalue weighted by molar-refractivity contribution is 5.89. The molecule has 1 saturated heterocycles. The van der Waals surface area contributed by atoms with Crippen molar-refractivity contribution in [2.75, 3.05) is 19.7 Å². The minimum Gasteiger partial charge on any atom is -0.481 e. The molecular weight excluding hydrogens is 318 g/mol. The molecule has 1 amide bonds. The van der Waals surface area contributed by atoms with Crippen LogP contribution in [0.2, 0.25) is 0 Å². The van der Waals surface area contributed by atoms with Crippen LogP contribution in [0.1, 0.15) is 49.7 Å². The highest BCUT2D eigenvalue weighted by Crippen LogP contribution is 2.42. The average molecular weight is 345 g/mol. The molecular formula is C20H27NO4. The molecule has 1 aliphatic carbocycles. The van der Waals surface area contributed by atoms with Crippen LogP contribution in [0.5, 0.6) is 0 Å². The van der Waals surface area contributed by atoms with Crippen molar-refractivity contribution in [1.82, 2.24) is 4.90 Å². The fraction of sp³-hybridized carbons (Fsp3) is 0.600. The fourth-order valence-electron chi connectivity index (χ4n) is 4.39. The van der Waals surface area contributed by atoms with Crippen LogP contribution in [0.3, 0.4) is 0 Å². The van der Waals surface area contributed by atoms with Gasteiger partial charge in [-0.3, -0.25) is 9.59 Å². The molecule has 1 N–H and O–H groups in total. The van der Waals surface area contributed by atoms with Gasteiger partial charge >= 0.3 is 5.97 Å². The lowest BCUT2D eigenvalue weighted by molar-refractivity contribution is -0.151. The number of carbonyl (C=O) groups excluding carboxylic acids is 1. The molecule has 5 heteroatoms. The average Bonchev–Trinajstić information content (AvgIpc) is 2.62. The van der Waals surface area contributed by atoms with Gasteiger partial charge in [0.2, 0.25) is 5.91 Å². The minimum atomic E-state index is -0.884. The van der Waals surface area contributed by atoms with Gasteiger partial charge < -0.3 is 14.7 Å². The molecule has 0 aromatic heterocycles. The molecule has 1 aromatic carbocycles. The number of amides is 1. The summed E-state index contributed by atoms with van der Waals surface area (Å²) in [6.45, 7) is 3.40. The second-order valence-electron chi connectivity index (χ2n) is 7.30. The Morgan fingerprint density at radius 1 is 1.24 bits per heavy atom. The largest absolute Gasteiger partial charge is 0.481 e. The Morgan fingerprint density at radius 2 is 1.96 bits per heavy atom. The summed E-state index contributed by atoms with van der Waals surface area (Å²) in [6, 6.07) is 8.19. The van der Waals surface area contributed by atoms with Gasteiger partial charge in [-0.2, -0.15) is 0 Å². The van der Waals surface area contributed by atoms with Crippen molar-refractivity contribution in [3.8, 4) is 0 Å². The Morgan fingerprint density at radius 3 is 2.64 bits per heavy atom. The summed E-state index contributed by atoms with van der Waals surface area (Å²) in [7, 11) is 0.